The Bertz CT molecular complexity index is 675. The molecule has 112 valence electrons. The molecule has 0 aliphatic rings. The van der Waals surface area contributed by atoms with E-state index in [1.165, 1.54) is 0 Å². The highest BCUT2D eigenvalue weighted by molar-refractivity contribution is 5.91. The van der Waals surface area contributed by atoms with Crippen LogP contribution < -0.4 is 11.0 Å². The summed E-state index contributed by atoms with van der Waals surface area (Å²) in [5.41, 5.74) is 2.56. The minimum Gasteiger partial charge on any atom is -0.310 e. The second kappa shape index (κ2) is 6.34. The van der Waals surface area contributed by atoms with E-state index in [2.05, 4.69) is 32.4 Å². The topological polar surface area (TPSA) is 104 Å². The average Bonchev–Trinajstić information content (AvgIpc) is 2.81. The minimum atomic E-state index is -0.398. The molecule has 2 aromatic rings. The molecule has 0 saturated carbocycles. The van der Waals surface area contributed by atoms with Crippen LogP contribution >= 0.6 is 0 Å². The zero-order valence-corrected chi connectivity index (χ0v) is 12.4. The summed E-state index contributed by atoms with van der Waals surface area (Å²) >= 11 is 0. The van der Waals surface area contributed by atoms with E-state index >= 15 is 0 Å². The van der Waals surface area contributed by atoms with Crippen molar-refractivity contribution in [1.29, 1.82) is 0 Å². The molecular weight excluding hydrogens is 270 g/mol. The van der Waals surface area contributed by atoms with Gasteiger partial charge >= 0.3 is 5.69 Å². The molecule has 2 aromatic heterocycles. The quantitative estimate of drug-likeness (QED) is 0.770. The average molecular weight is 289 g/mol. The maximum atomic E-state index is 12.1. The van der Waals surface area contributed by atoms with Gasteiger partial charge in [-0.05, 0) is 20.3 Å². The van der Waals surface area contributed by atoms with Crippen LogP contribution in [0.15, 0.2) is 10.9 Å². The molecule has 0 saturated heterocycles. The molecule has 0 bridgehead atoms. The van der Waals surface area contributed by atoms with Gasteiger partial charge in [-0.2, -0.15) is 10.1 Å². The Morgan fingerprint density at radius 1 is 1.38 bits per heavy atom. The highest BCUT2D eigenvalue weighted by atomic mass is 16.2. The summed E-state index contributed by atoms with van der Waals surface area (Å²) < 4.78 is 0. The fourth-order valence-electron chi connectivity index (χ4n) is 2.19. The van der Waals surface area contributed by atoms with E-state index < -0.39 is 5.69 Å². The fourth-order valence-corrected chi connectivity index (χ4v) is 2.19. The third-order valence-electron chi connectivity index (χ3n) is 3.21. The molecular formula is C14H19N5O2. The number of nitrogens with zero attached hydrogens (tertiary/aromatic N) is 2. The summed E-state index contributed by atoms with van der Waals surface area (Å²) in [5.74, 6) is 0.320. The van der Waals surface area contributed by atoms with Gasteiger partial charge in [0.25, 0.3) is 0 Å². The Hall–Kier alpha value is -2.44. The number of rotatable bonds is 5. The molecule has 2 rings (SSSR count). The summed E-state index contributed by atoms with van der Waals surface area (Å²) in [6.45, 7) is 5.55. The van der Waals surface area contributed by atoms with Gasteiger partial charge in [0.15, 0.2) is 5.82 Å². The van der Waals surface area contributed by atoms with Crippen molar-refractivity contribution in [3.63, 3.8) is 0 Å². The first-order valence-electron chi connectivity index (χ1n) is 6.90. The van der Waals surface area contributed by atoms with E-state index in [9.17, 15) is 9.59 Å². The van der Waals surface area contributed by atoms with Crippen LogP contribution in [0.5, 0.6) is 0 Å². The lowest BCUT2D eigenvalue weighted by molar-refractivity contribution is -0.115. The maximum absolute atomic E-state index is 12.1. The SMILES string of the molecule is CCCc1cc(NC(=O)Cc2c(C)nc(=O)[nH]c2C)n[nH]1. The highest BCUT2D eigenvalue weighted by Crippen LogP contribution is 2.11. The predicted molar refractivity (Wildman–Crippen MR) is 79.2 cm³/mol. The van der Waals surface area contributed by atoms with Gasteiger partial charge in [-0.15, -0.1) is 0 Å². The van der Waals surface area contributed by atoms with Crippen molar-refractivity contribution < 1.29 is 4.79 Å². The molecule has 7 nitrogen and oxygen atoms in total. The minimum absolute atomic E-state index is 0.150. The molecule has 0 unspecified atom stereocenters. The van der Waals surface area contributed by atoms with Crippen LogP contribution in [-0.4, -0.2) is 26.1 Å². The highest BCUT2D eigenvalue weighted by Gasteiger charge is 2.12. The zero-order valence-electron chi connectivity index (χ0n) is 12.4. The van der Waals surface area contributed by atoms with E-state index in [-0.39, 0.29) is 12.3 Å². The van der Waals surface area contributed by atoms with Crippen LogP contribution in [0.25, 0.3) is 0 Å². The summed E-state index contributed by atoms with van der Waals surface area (Å²) in [6.07, 6.45) is 2.05. The molecule has 0 fully saturated rings. The van der Waals surface area contributed by atoms with Crippen LogP contribution in [0.3, 0.4) is 0 Å². The summed E-state index contributed by atoms with van der Waals surface area (Å²) in [6, 6.07) is 1.83. The molecule has 0 aliphatic heterocycles. The van der Waals surface area contributed by atoms with E-state index in [1.807, 2.05) is 6.07 Å². The lowest BCUT2D eigenvalue weighted by Gasteiger charge is -2.07. The Morgan fingerprint density at radius 2 is 2.14 bits per heavy atom. The number of H-pyrrole nitrogens is 2. The maximum Gasteiger partial charge on any atom is 0.345 e. The first kappa shape index (κ1) is 15.0. The van der Waals surface area contributed by atoms with Crippen molar-refractivity contribution in [3.05, 3.63) is 39.2 Å². The molecule has 0 radical (unpaired) electrons. The monoisotopic (exact) mass is 289 g/mol. The lowest BCUT2D eigenvalue weighted by atomic mass is 10.1. The smallest absolute Gasteiger partial charge is 0.310 e. The van der Waals surface area contributed by atoms with Gasteiger partial charge in [-0.25, -0.2) is 4.79 Å². The number of amides is 1. The number of anilines is 1. The van der Waals surface area contributed by atoms with Crippen molar-refractivity contribution in [2.24, 2.45) is 0 Å². The van der Waals surface area contributed by atoms with Crippen LogP contribution in [-0.2, 0) is 17.6 Å². The molecule has 0 spiro atoms. The van der Waals surface area contributed by atoms with Crippen molar-refractivity contribution in [3.8, 4) is 0 Å². The Morgan fingerprint density at radius 3 is 2.81 bits per heavy atom. The largest absolute Gasteiger partial charge is 0.345 e. The van der Waals surface area contributed by atoms with Gasteiger partial charge in [-0.1, -0.05) is 13.3 Å². The van der Waals surface area contributed by atoms with Crippen molar-refractivity contribution in [2.45, 2.75) is 40.0 Å². The number of aromatic amines is 2. The number of hydrogen-bond donors (Lipinski definition) is 3. The fraction of sp³-hybridized carbons (Fsp3) is 0.429. The summed E-state index contributed by atoms with van der Waals surface area (Å²) in [5, 5.41) is 9.66. The number of aromatic nitrogens is 4. The standard InChI is InChI=1S/C14H19N5O2/c1-4-5-10-6-12(19-18-10)17-13(20)7-11-8(2)15-14(21)16-9(11)3/h6H,4-5,7H2,1-3H3,(H,15,16,21)(H2,17,18,19,20). The zero-order chi connectivity index (χ0) is 15.4. The summed E-state index contributed by atoms with van der Waals surface area (Å²) in [7, 11) is 0. The molecule has 2 heterocycles. The van der Waals surface area contributed by atoms with E-state index in [0.717, 1.165) is 24.1 Å². The summed E-state index contributed by atoms with van der Waals surface area (Å²) in [4.78, 5) is 29.7. The van der Waals surface area contributed by atoms with E-state index in [0.29, 0.717) is 17.2 Å². The van der Waals surface area contributed by atoms with Crippen molar-refractivity contribution in [1.82, 2.24) is 20.2 Å². The first-order chi connectivity index (χ1) is 9.99. The number of aryl methyl sites for hydroxylation is 3. The van der Waals surface area contributed by atoms with Crippen LogP contribution in [0.4, 0.5) is 5.82 Å². The molecule has 0 aromatic carbocycles. The third-order valence-corrected chi connectivity index (χ3v) is 3.21. The van der Waals surface area contributed by atoms with Crippen LogP contribution in [0.2, 0.25) is 0 Å². The van der Waals surface area contributed by atoms with Gasteiger partial charge in [0.1, 0.15) is 0 Å². The molecule has 1 amide bonds. The predicted octanol–water partition coefficient (Wildman–Crippen LogP) is 1.24. The van der Waals surface area contributed by atoms with Gasteiger partial charge in [0, 0.05) is 28.7 Å². The van der Waals surface area contributed by atoms with Crippen LogP contribution in [0, 0.1) is 13.8 Å². The third kappa shape index (κ3) is 3.77. The van der Waals surface area contributed by atoms with Gasteiger partial charge in [0.2, 0.25) is 5.91 Å². The van der Waals surface area contributed by atoms with Crippen molar-refractivity contribution in [2.75, 3.05) is 5.32 Å². The molecule has 0 aliphatic carbocycles. The van der Waals surface area contributed by atoms with Gasteiger partial charge < -0.3 is 10.3 Å². The number of nitrogens with one attached hydrogen (secondary N) is 3. The molecule has 3 N–H and O–H groups in total. The van der Waals surface area contributed by atoms with Gasteiger partial charge in [0.05, 0.1) is 6.42 Å². The molecule has 21 heavy (non-hydrogen) atoms. The normalized spacial score (nSPS) is 10.6. The Kier molecular flexibility index (Phi) is 4.52. The number of carbonyl (C=O) groups excluding carboxylic acids is 1. The second-order valence-electron chi connectivity index (χ2n) is 4.98. The van der Waals surface area contributed by atoms with Gasteiger partial charge in [-0.3, -0.25) is 9.89 Å². The first-order valence-corrected chi connectivity index (χ1v) is 6.90. The van der Waals surface area contributed by atoms with Crippen molar-refractivity contribution >= 4 is 11.7 Å². The second-order valence-corrected chi connectivity index (χ2v) is 4.98. The molecule has 0 atom stereocenters. The Labute approximate surface area is 122 Å². The molecule has 7 heteroatoms. The lowest BCUT2D eigenvalue weighted by Crippen LogP contribution is -2.21. The van der Waals surface area contributed by atoms with Crippen LogP contribution in [0.1, 0.15) is 36.0 Å². The number of hydrogen-bond acceptors (Lipinski definition) is 4. The van der Waals surface area contributed by atoms with E-state index in [4.69, 9.17) is 0 Å². The van der Waals surface area contributed by atoms with E-state index in [1.54, 1.807) is 13.8 Å². The number of carbonyl (C=O) groups is 1. The Balaban J connectivity index is 2.06.